The number of fused-ring (bicyclic) bond motifs is 1. The average molecular weight is 517 g/mol. The molecule has 0 spiro atoms. The second-order valence-electron chi connectivity index (χ2n) is 10.3. The number of aromatic nitrogens is 3. The third-order valence-corrected chi connectivity index (χ3v) is 8.44. The van der Waals surface area contributed by atoms with Crippen LogP contribution in [-0.2, 0) is 4.79 Å². The monoisotopic (exact) mass is 516 g/mol. The topological polar surface area (TPSA) is 100 Å². The van der Waals surface area contributed by atoms with E-state index < -0.39 is 0 Å². The van der Waals surface area contributed by atoms with E-state index in [0.717, 1.165) is 64.6 Å². The van der Waals surface area contributed by atoms with Crippen LogP contribution >= 0.6 is 11.3 Å². The molecule has 8 nitrogen and oxygen atoms in total. The Kier molecular flexibility index (Phi) is 6.65. The van der Waals surface area contributed by atoms with Crippen LogP contribution < -0.4 is 16.0 Å². The van der Waals surface area contributed by atoms with Crippen molar-refractivity contribution in [3.63, 3.8) is 0 Å². The molecule has 3 N–H and O–H groups in total. The van der Waals surface area contributed by atoms with Crippen LogP contribution in [-0.4, -0.2) is 44.9 Å². The molecule has 1 unspecified atom stereocenters. The number of amides is 1. The number of thiophene rings is 1. The first-order valence-corrected chi connectivity index (χ1v) is 14.1. The molecule has 1 atom stereocenters. The highest BCUT2D eigenvalue weighted by Crippen LogP contribution is 2.33. The van der Waals surface area contributed by atoms with Gasteiger partial charge in [0.25, 0.3) is 0 Å². The number of rotatable bonds is 9. The van der Waals surface area contributed by atoms with Crippen LogP contribution in [0.25, 0.3) is 22.3 Å². The Balaban J connectivity index is 1.25. The van der Waals surface area contributed by atoms with Crippen molar-refractivity contribution in [3.8, 4) is 10.6 Å². The van der Waals surface area contributed by atoms with Gasteiger partial charge in [0.05, 0.1) is 28.1 Å². The molecule has 5 heterocycles. The number of hydrogen-bond acceptors (Lipinski definition) is 7. The number of Topliss-reactive ketones (excluding diaryl/α,β-unsaturated/α-hetero) is 1. The summed E-state index contributed by atoms with van der Waals surface area (Å²) in [5.74, 6) is 1.03. The Morgan fingerprint density at radius 3 is 2.92 bits per heavy atom. The summed E-state index contributed by atoms with van der Waals surface area (Å²) in [4.78, 5) is 31.4. The zero-order valence-corrected chi connectivity index (χ0v) is 21.7. The zero-order chi connectivity index (χ0) is 25.4. The summed E-state index contributed by atoms with van der Waals surface area (Å²) in [5, 5.41) is 14.5. The number of nitrogens with zero attached hydrogens (tertiary/aromatic N) is 3. The van der Waals surface area contributed by atoms with Gasteiger partial charge in [0.2, 0.25) is 5.91 Å². The lowest BCUT2D eigenvalue weighted by Gasteiger charge is -2.23. The number of ketones is 1. The molecule has 9 heteroatoms. The van der Waals surface area contributed by atoms with E-state index in [-0.39, 0.29) is 11.7 Å². The molecule has 0 bridgehead atoms. The Bertz CT molecular complexity index is 1390. The van der Waals surface area contributed by atoms with E-state index in [4.69, 9.17) is 4.98 Å². The first-order chi connectivity index (χ1) is 18.0. The van der Waals surface area contributed by atoms with Crippen LogP contribution in [0.3, 0.4) is 0 Å². The Labute approximate surface area is 220 Å². The highest BCUT2D eigenvalue weighted by molar-refractivity contribution is 7.17. The van der Waals surface area contributed by atoms with Gasteiger partial charge in [0.1, 0.15) is 5.82 Å². The maximum atomic E-state index is 12.9. The molecule has 6 rings (SSSR count). The molecule has 1 saturated carbocycles. The van der Waals surface area contributed by atoms with E-state index in [9.17, 15) is 9.59 Å². The summed E-state index contributed by atoms with van der Waals surface area (Å²) < 4.78 is 1.82. The molecule has 1 aliphatic carbocycles. The second-order valence-corrected chi connectivity index (χ2v) is 11.4. The molecule has 2 aliphatic heterocycles. The Morgan fingerprint density at radius 1 is 1.27 bits per heavy atom. The van der Waals surface area contributed by atoms with Crippen LogP contribution in [0.1, 0.15) is 73.0 Å². The number of hydrogen-bond donors (Lipinski definition) is 3. The Hall–Kier alpha value is -3.30. The number of anilines is 1. The van der Waals surface area contributed by atoms with E-state index in [1.807, 2.05) is 28.8 Å². The van der Waals surface area contributed by atoms with Crippen molar-refractivity contribution < 1.29 is 9.59 Å². The third-order valence-electron chi connectivity index (χ3n) is 7.29. The fourth-order valence-corrected chi connectivity index (χ4v) is 6.01. The van der Waals surface area contributed by atoms with Crippen LogP contribution in [0.5, 0.6) is 0 Å². The van der Waals surface area contributed by atoms with E-state index in [1.54, 1.807) is 6.20 Å². The fraction of sp³-hybridized carbons (Fsp3) is 0.429. The molecular formula is C28H32N6O2S. The van der Waals surface area contributed by atoms with Gasteiger partial charge in [-0.25, -0.2) is 4.98 Å². The molecule has 37 heavy (non-hydrogen) atoms. The lowest BCUT2D eigenvalue weighted by molar-refractivity contribution is -0.118. The smallest absolute Gasteiger partial charge is 0.228 e. The summed E-state index contributed by atoms with van der Waals surface area (Å²) in [6.07, 6.45) is 12.6. The summed E-state index contributed by atoms with van der Waals surface area (Å²) in [6.45, 7) is 5.05. The van der Waals surface area contributed by atoms with E-state index in [1.165, 1.54) is 30.6 Å². The molecule has 3 aromatic heterocycles. The maximum absolute atomic E-state index is 12.9. The molecule has 3 fully saturated rings. The zero-order valence-electron chi connectivity index (χ0n) is 20.9. The molecule has 0 aromatic carbocycles. The van der Waals surface area contributed by atoms with Crippen LogP contribution in [0.15, 0.2) is 42.2 Å². The molecule has 3 aliphatic rings. The van der Waals surface area contributed by atoms with Crippen molar-refractivity contribution in [1.82, 2.24) is 25.2 Å². The van der Waals surface area contributed by atoms with Crippen molar-refractivity contribution in [1.29, 1.82) is 0 Å². The van der Waals surface area contributed by atoms with Crippen LogP contribution in [0.4, 0.5) is 5.82 Å². The van der Waals surface area contributed by atoms with Crippen LogP contribution in [0.2, 0.25) is 0 Å². The first-order valence-electron chi connectivity index (χ1n) is 13.3. The quantitative estimate of drug-likeness (QED) is 0.348. The number of carbonyl (C=O) groups excluding carboxylic acids is 2. The summed E-state index contributed by atoms with van der Waals surface area (Å²) in [7, 11) is 0. The minimum atomic E-state index is -0.0525. The molecule has 192 valence electrons. The number of allylic oxidation sites excluding steroid dienone is 1. The molecule has 2 saturated heterocycles. The second kappa shape index (κ2) is 10.2. The van der Waals surface area contributed by atoms with Gasteiger partial charge in [-0.3, -0.25) is 9.59 Å². The predicted octanol–water partition coefficient (Wildman–Crippen LogP) is 4.94. The molecule has 3 aromatic rings. The van der Waals surface area contributed by atoms with Crippen molar-refractivity contribution in [3.05, 3.63) is 52.7 Å². The summed E-state index contributed by atoms with van der Waals surface area (Å²) >= 11 is 1.50. The Morgan fingerprint density at radius 2 is 2.16 bits per heavy atom. The third kappa shape index (κ3) is 5.38. The van der Waals surface area contributed by atoms with Gasteiger partial charge in [0, 0.05) is 35.8 Å². The van der Waals surface area contributed by atoms with Gasteiger partial charge in [-0.1, -0.05) is 13.0 Å². The van der Waals surface area contributed by atoms with Gasteiger partial charge in [-0.05, 0) is 68.9 Å². The van der Waals surface area contributed by atoms with Gasteiger partial charge in [0.15, 0.2) is 11.4 Å². The highest BCUT2D eigenvalue weighted by atomic mass is 32.1. The van der Waals surface area contributed by atoms with Crippen LogP contribution in [0, 0.1) is 0 Å². The first kappa shape index (κ1) is 24.1. The van der Waals surface area contributed by atoms with E-state index in [2.05, 4.69) is 27.6 Å². The molecule has 0 radical (unpaired) electrons. The number of carbonyl (C=O) groups is 2. The minimum Gasteiger partial charge on any atom is -0.367 e. The summed E-state index contributed by atoms with van der Waals surface area (Å²) in [5.41, 5.74) is 3.82. The van der Waals surface area contributed by atoms with Crippen molar-refractivity contribution in [2.75, 3.05) is 11.9 Å². The normalized spacial score (nSPS) is 21.1. The van der Waals surface area contributed by atoms with Crippen molar-refractivity contribution in [2.24, 2.45) is 0 Å². The number of nitrogens with one attached hydrogen (secondary N) is 3. The standard InChI is InChI=1S/C28H32N6O2S/c1-17-18(14-27(36)31-17)13-19-16-30-34-26(32-21-8-9-21)15-22(33-28(19)34)24-10-11-25(37-24)23(35)7-4-6-20-5-2-3-12-29-20/h10-11,13,15-16,20-21,29,32H,1-9,12,14H2,(H,31,36)/b18-13+. The van der Waals surface area contributed by atoms with Gasteiger partial charge < -0.3 is 16.0 Å². The highest BCUT2D eigenvalue weighted by Gasteiger charge is 2.24. The molecular weight excluding hydrogens is 484 g/mol. The average Bonchev–Trinajstić information content (AvgIpc) is 3.26. The lowest BCUT2D eigenvalue weighted by Crippen LogP contribution is -2.33. The lowest BCUT2D eigenvalue weighted by atomic mass is 9.99. The van der Waals surface area contributed by atoms with Gasteiger partial charge in [-0.15, -0.1) is 11.3 Å². The maximum Gasteiger partial charge on any atom is 0.228 e. The van der Waals surface area contributed by atoms with E-state index in [0.29, 0.717) is 36.3 Å². The minimum absolute atomic E-state index is 0.0525. The molecule has 1 amide bonds. The van der Waals surface area contributed by atoms with Gasteiger partial charge >= 0.3 is 0 Å². The van der Waals surface area contributed by atoms with Crippen molar-refractivity contribution >= 4 is 40.6 Å². The largest absolute Gasteiger partial charge is 0.367 e. The summed E-state index contributed by atoms with van der Waals surface area (Å²) in [6, 6.07) is 6.95. The predicted molar refractivity (Wildman–Crippen MR) is 147 cm³/mol. The fourth-order valence-electron chi connectivity index (χ4n) is 5.07. The van der Waals surface area contributed by atoms with E-state index >= 15 is 0 Å². The SMILES string of the molecule is C=C1NC(=O)C/C1=C\c1cnn2c(NC3CC3)cc(-c3ccc(C(=O)CCCC4CCCCN4)s3)nc12. The van der Waals surface area contributed by atoms with Gasteiger partial charge in [-0.2, -0.15) is 9.61 Å². The number of piperidine rings is 1. The van der Waals surface area contributed by atoms with Crippen molar-refractivity contribution in [2.45, 2.75) is 69.9 Å².